The van der Waals surface area contributed by atoms with Gasteiger partial charge < -0.3 is 5.32 Å². The Labute approximate surface area is 120 Å². The Balaban J connectivity index is 2.08. The zero-order chi connectivity index (χ0) is 14.0. The van der Waals surface area contributed by atoms with Gasteiger partial charge in [0.2, 0.25) is 0 Å². The lowest BCUT2D eigenvalue weighted by Crippen LogP contribution is -2.66. The third-order valence-electron chi connectivity index (χ3n) is 5.35. The molecule has 2 rings (SSSR count). The number of hydrogen-bond acceptors (Lipinski definition) is 2. The number of rotatable bonds is 6. The summed E-state index contributed by atoms with van der Waals surface area (Å²) in [6.07, 6.45) is 6.81. The maximum absolute atomic E-state index is 3.90. The van der Waals surface area contributed by atoms with Crippen LogP contribution in [0.5, 0.6) is 0 Å². The van der Waals surface area contributed by atoms with Gasteiger partial charge in [-0.2, -0.15) is 0 Å². The second-order valence-electron chi connectivity index (χ2n) is 7.50. The molecular weight excluding hydrogens is 232 g/mol. The van der Waals surface area contributed by atoms with Crippen molar-refractivity contribution < 1.29 is 0 Å². The van der Waals surface area contributed by atoms with E-state index in [-0.39, 0.29) is 0 Å². The molecule has 0 radical (unpaired) electrons. The van der Waals surface area contributed by atoms with Crippen LogP contribution in [0.2, 0.25) is 0 Å². The van der Waals surface area contributed by atoms with Crippen molar-refractivity contribution in [1.82, 2.24) is 10.2 Å². The fraction of sp³-hybridized carbons (Fsp3) is 1.00. The van der Waals surface area contributed by atoms with Crippen LogP contribution in [0.25, 0.3) is 0 Å². The quantitative estimate of drug-likeness (QED) is 0.789. The summed E-state index contributed by atoms with van der Waals surface area (Å²) in [6, 6.07) is 1.53. The molecular formula is C17H34N2. The van der Waals surface area contributed by atoms with Gasteiger partial charge in [-0.1, -0.05) is 27.7 Å². The Kier molecular flexibility index (Phi) is 4.94. The molecule has 0 spiro atoms. The molecule has 0 aromatic heterocycles. The van der Waals surface area contributed by atoms with Crippen molar-refractivity contribution in [3.8, 4) is 0 Å². The molecule has 2 aliphatic rings. The van der Waals surface area contributed by atoms with E-state index in [1.165, 1.54) is 45.2 Å². The van der Waals surface area contributed by atoms with Crippen LogP contribution in [0.3, 0.4) is 0 Å². The number of piperazine rings is 1. The molecule has 1 saturated carbocycles. The summed E-state index contributed by atoms with van der Waals surface area (Å²) in [6.45, 7) is 14.4. The number of hydrogen-bond donors (Lipinski definition) is 1. The average molecular weight is 266 g/mol. The summed E-state index contributed by atoms with van der Waals surface area (Å²) >= 11 is 0. The van der Waals surface area contributed by atoms with E-state index < -0.39 is 0 Å². The van der Waals surface area contributed by atoms with Crippen LogP contribution in [0, 0.1) is 11.8 Å². The van der Waals surface area contributed by atoms with Gasteiger partial charge >= 0.3 is 0 Å². The zero-order valence-corrected chi connectivity index (χ0v) is 13.7. The zero-order valence-electron chi connectivity index (χ0n) is 13.7. The molecule has 0 bridgehead atoms. The molecule has 1 aliphatic heterocycles. The van der Waals surface area contributed by atoms with Gasteiger partial charge in [0.1, 0.15) is 0 Å². The van der Waals surface area contributed by atoms with Gasteiger partial charge in [0.25, 0.3) is 0 Å². The molecule has 2 heteroatoms. The standard InChI is InChI=1S/C17H34N2/c1-6-15(7-2)19-12-17(5,14-8-9-14)18-11-16(19)10-13(3)4/h13-16,18H,6-12H2,1-5H3. The van der Waals surface area contributed by atoms with Crippen LogP contribution >= 0.6 is 0 Å². The molecule has 2 atom stereocenters. The van der Waals surface area contributed by atoms with E-state index in [0.717, 1.165) is 23.9 Å². The lowest BCUT2D eigenvalue weighted by molar-refractivity contribution is 0.0264. The SMILES string of the molecule is CCC(CC)N1CC(C)(C2CC2)NCC1CC(C)C. The Bertz CT molecular complexity index is 281. The van der Waals surface area contributed by atoms with Crippen LogP contribution < -0.4 is 5.32 Å². The number of nitrogens with zero attached hydrogens (tertiary/aromatic N) is 1. The van der Waals surface area contributed by atoms with Gasteiger partial charge in [-0.05, 0) is 50.9 Å². The van der Waals surface area contributed by atoms with Gasteiger partial charge in [0.05, 0.1) is 0 Å². The van der Waals surface area contributed by atoms with E-state index in [1.807, 2.05) is 0 Å². The first-order chi connectivity index (χ1) is 9.00. The highest BCUT2D eigenvalue weighted by Gasteiger charge is 2.46. The van der Waals surface area contributed by atoms with Gasteiger partial charge in [-0.3, -0.25) is 4.90 Å². The van der Waals surface area contributed by atoms with Crippen molar-refractivity contribution in [2.45, 2.75) is 84.3 Å². The highest BCUT2D eigenvalue weighted by molar-refractivity contribution is 5.05. The monoisotopic (exact) mass is 266 g/mol. The summed E-state index contributed by atoms with van der Waals surface area (Å²) in [5.74, 6) is 1.73. The highest BCUT2D eigenvalue weighted by Crippen LogP contribution is 2.42. The first-order valence-corrected chi connectivity index (χ1v) is 8.51. The van der Waals surface area contributed by atoms with Crippen LogP contribution in [0.15, 0.2) is 0 Å². The first-order valence-electron chi connectivity index (χ1n) is 8.51. The predicted molar refractivity (Wildman–Crippen MR) is 83.5 cm³/mol. The van der Waals surface area contributed by atoms with Crippen molar-refractivity contribution in [2.75, 3.05) is 13.1 Å². The van der Waals surface area contributed by atoms with Gasteiger partial charge in [-0.25, -0.2) is 0 Å². The van der Waals surface area contributed by atoms with E-state index in [0.29, 0.717) is 5.54 Å². The van der Waals surface area contributed by atoms with Gasteiger partial charge in [-0.15, -0.1) is 0 Å². The van der Waals surface area contributed by atoms with E-state index in [1.54, 1.807) is 0 Å². The van der Waals surface area contributed by atoms with Gasteiger partial charge in [0, 0.05) is 30.7 Å². The molecule has 2 nitrogen and oxygen atoms in total. The summed E-state index contributed by atoms with van der Waals surface area (Å²) < 4.78 is 0. The van der Waals surface area contributed by atoms with Crippen molar-refractivity contribution in [1.29, 1.82) is 0 Å². The predicted octanol–water partition coefficient (Wildman–Crippen LogP) is 3.66. The smallest absolute Gasteiger partial charge is 0.0309 e. The number of nitrogens with one attached hydrogen (secondary N) is 1. The topological polar surface area (TPSA) is 15.3 Å². The molecule has 2 fully saturated rings. The lowest BCUT2D eigenvalue weighted by Gasteiger charge is -2.50. The maximum atomic E-state index is 3.90. The fourth-order valence-electron chi connectivity index (χ4n) is 3.97. The molecule has 2 unspecified atom stereocenters. The van der Waals surface area contributed by atoms with E-state index in [2.05, 4.69) is 44.8 Å². The molecule has 0 aromatic carbocycles. The Morgan fingerprint density at radius 2 is 1.84 bits per heavy atom. The normalized spacial score (nSPS) is 33.3. The molecule has 1 heterocycles. The minimum Gasteiger partial charge on any atom is -0.308 e. The summed E-state index contributed by atoms with van der Waals surface area (Å²) in [5.41, 5.74) is 0.385. The first kappa shape index (κ1) is 15.3. The third-order valence-corrected chi connectivity index (χ3v) is 5.35. The minimum atomic E-state index is 0.385. The van der Waals surface area contributed by atoms with Crippen molar-refractivity contribution in [2.24, 2.45) is 11.8 Å². The molecule has 112 valence electrons. The lowest BCUT2D eigenvalue weighted by atomic mass is 9.87. The Morgan fingerprint density at radius 3 is 2.32 bits per heavy atom. The highest BCUT2D eigenvalue weighted by atomic mass is 15.3. The second kappa shape index (κ2) is 6.13. The summed E-state index contributed by atoms with van der Waals surface area (Å²) in [7, 11) is 0. The fourth-order valence-corrected chi connectivity index (χ4v) is 3.97. The molecule has 19 heavy (non-hydrogen) atoms. The Morgan fingerprint density at radius 1 is 1.21 bits per heavy atom. The van der Waals surface area contributed by atoms with Crippen molar-refractivity contribution >= 4 is 0 Å². The molecule has 1 saturated heterocycles. The van der Waals surface area contributed by atoms with Crippen molar-refractivity contribution in [3.05, 3.63) is 0 Å². The maximum Gasteiger partial charge on any atom is 0.0309 e. The van der Waals surface area contributed by atoms with Crippen molar-refractivity contribution in [3.63, 3.8) is 0 Å². The third kappa shape index (κ3) is 3.52. The van der Waals surface area contributed by atoms with Crippen LogP contribution in [-0.2, 0) is 0 Å². The molecule has 1 aliphatic carbocycles. The minimum absolute atomic E-state index is 0.385. The summed E-state index contributed by atoms with van der Waals surface area (Å²) in [5, 5.41) is 3.90. The van der Waals surface area contributed by atoms with Gasteiger partial charge in [0.15, 0.2) is 0 Å². The van der Waals surface area contributed by atoms with E-state index >= 15 is 0 Å². The Hall–Kier alpha value is -0.0800. The van der Waals surface area contributed by atoms with E-state index in [9.17, 15) is 0 Å². The summed E-state index contributed by atoms with van der Waals surface area (Å²) in [4.78, 5) is 2.86. The van der Waals surface area contributed by atoms with Crippen LogP contribution in [-0.4, -0.2) is 35.6 Å². The van der Waals surface area contributed by atoms with E-state index in [4.69, 9.17) is 0 Å². The molecule has 0 amide bonds. The second-order valence-corrected chi connectivity index (χ2v) is 7.50. The largest absolute Gasteiger partial charge is 0.308 e. The average Bonchev–Trinajstić information content (AvgIpc) is 3.18. The van der Waals surface area contributed by atoms with Crippen LogP contribution in [0.1, 0.15) is 66.7 Å². The molecule has 1 N–H and O–H groups in total. The molecule has 0 aromatic rings. The van der Waals surface area contributed by atoms with Crippen LogP contribution in [0.4, 0.5) is 0 Å².